The van der Waals surface area contributed by atoms with E-state index >= 15 is 0 Å². The first-order valence-corrected chi connectivity index (χ1v) is 8.04. The molecule has 0 spiro atoms. The minimum Gasteiger partial charge on any atom is -0.495 e. The normalized spacial score (nSPS) is 10.3. The van der Waals surface area contributed by atoms with Gasteiger partial charge in [0.25, 0.3) is 0 Å². The molecule has 0 unspecified atom stereocenters. The first-order valence-electron chi connectivity index (χ1n) is 7.25. The fourth-order valence-electron chi connectivity index (χ4n) is 2.24. The van der Waals surface area contributed by atoms with Gasteiger partial charge in [-0.05, 0) is 34.0 Å². The molecule has 2 rings (SSSR count). The van der Waals surface area contributed by atoms with Crippen LogP contribution in [0, 0.1) is 0 Å². The molecule has 4 nitrogen and oxygen atoms in total. The highest BCUT2D eigenvalue weighted by Crippen LogP contribution is 2.32. The summed E-state index contributed by atoms with van der Waals surface area (Å²) in [6.45, 7) is 3.46. The van der Waals surface area contributed by atoms with Gasteiger partial charge < -0.3 is 10.1 Å². The Morgan fingerprint density at radius 1 is 1.17 bits per heavy atom. The molecule has 0 aliphatic rings. The quantitative estimate of drug-likeness (QED) is 0.796. The summed E-state index contributed by atoms with van der Waals surface area (Å²) in [5, 5.41) is 2.69. The fourth-order valence-corrected chi connectivity index (χ4v) is 2.74. The number of rotatable bonds is 5. The van der Waals surface area contributed by atoms with E-state index in [1.54, 1.807) is 24.3 Å². The Hall–Kier alpha value is -2.14. The molecule has 0 aliphatic heterocycles. The van der Waals surface area contributed by atoms with Gasteiger partial charge in [-0.1, -0.05) is 31.2 Å². The summed E-state index contributed by atoms with van der Waals surface area (Å²) in [6.07, 6.45) is 0.916. The molecule has 0 fully saturated rings. The number of benzene rings is 2. The number of hydrogen-bond acceptors (Lipinski definition) is 3. The zero-order chi connectivity index (χ0) is 17.0. The van der Waals surface area contributed by atoms with Crippen molar-refractivity contribution in [2.75, 3.05) is 12.4 Å². The van der Waals surface area contributed by atoms with E-state index in [-0.39, 0.29) is 11.7 Å². The molecule has 1 N–H and O–H groups in total. The van der Waals surface area contributed by atoms with Gasteiger partial charge in [-0.15, -0.1) is 0 Å². The third kappa shape index (κ3) is 3.99. The van der Waals surface area contributed by atoms with Crippen molar-refractivity contribution in [1.82, 2.24) is 0 Å². The molecule has 0 heterocycles. The van der Waals surface area contributed by atoms with Crippen molar-refractivity contribution in [2.24, 2.45) is 0 Å². The second kappa shape index (κ2) is 7.42. The van der Waals surface area contributed by atoms with Crippen LogP contribution in [0.3, 0.4) is 0 Å². The molecular weight excluding hydrogens is 358 g/mol. The molecule has 0 bridgehead atoms. The van der Waals surface area contributed by atoms with Crippen molar-refractivity contribution in [3.8, 4) is 5.75 Å². The van der Waals surface area contributed by atoms with Crippen LogP contribution in [-0.4, -0.2) is 18.8 Å². The Balaban J connectivity index is 2.48. The van der Waals surface area contributed by atoms with Gasteiger partial charge in [0.2, 0.25) is 5.91 Å². The van der Waals surface area contributed by atoms with E-state index in [1.807, 2.05) is 12.1 Å². The Bertz CT molecular complexity index is 739. The average molecular weight is 376 g/mol. The molecular formula is C18H18BrNO3. The van der Waals surface area contributed by atoms with Gasteiger partial charge in [0.05, 0.1) is 17.3 Å². The van der Waals surface area contributed by atoms with Crippen LogP contribution in [0.25, 0.3) is 0 Å². The van der Waals surface area contributed by atoms with Gasteiger partial charge in [-0.3, -0.25) is 9.59 Å². The van der Waals surface area contributed by atoms with Crippen LogP contribution >= 0.6 is 15.9 Å². The first-order chi connectivity index (χ1) is 11.0. The molecule has 0 atom stereocenters. The van der Waals surface area contributed by atoms with E-state index in [1.165, 1.54) is 19.6 Å². The van der Waals surface area contributed by atoms with Gasteiger partial charge in [0.15, 0.2) is 5.78 Å². The summed E-state index contributed by atoms with van der Waals surface area (Å²) in [5.41, 5.74) is 2.59. The number of ether oxygens (including phenoxy) is 1. The van der Waals surface area contributed by atoms with Gasteiger partial charge in [0.1, 0.15) is 5.75 Å². The lowest BCUT2D eigenvalue weighted by Crippen LogP contribution is -2.12. The molecule has 0 saturated heterocycles. The Morgan fingerprint density at radius 2 is 1.83 bits per heavy atom. The molecule has 0 aliphatic carbocycles. The first kappa shape index (κ1) is 17.2. The minimum atomic E-state index is -0.246. The van der Waals surface area contributed by atoms with Crippen molar-refractivity contribution >= 4 is 33.3 Å². The number of amides is 1. The topological polar surface area (TPSA) is 55.4 Å². The summed E-state index contributed by atoms with van der Waals surface area (Å²) >= 11 is 3.38. The highest BCUT2D eigenvalue weighted by atomic mass is 79.9. The number of ketones is 1. The Morgan fingerprint density at radius 3 is 2.35 bits per heavy atom. The maximum absolute atomic E-state index is 12.8. The smallest absolute Gasteiger partial charge is 0.221 e. The van der Waals surface area contributed by atoms with Crippen molar-refractivity contribution in [3.05, 3.63) is 57.6 Å². The minimum absolute atomic E-state index is 0.153. The third-order valence-corrected chi connectivity index (χ3v) is 4.09. The standard InChI is InChI=1S/C18H18BrNO3/c1-4-12-5-7-13(8-6-12)18(22)14-9-15(19)17(23-3)10-16(14)20-11(2)21/h5-10H,4H2,1-3H3,(H,20,21). The van der Waals surface area contributed by atoms with Crippen molar-refractivity contribution in [2.45, 2.75) is 20.3 Å². The Labute approximate surface area is 144 Å². The third-order valence-electron chi connectivity index (χ3n) is 3.47. The molecule has 0 saturated carbocycles. The number of anilines is 1. The number of nitrogens with one attached hydrogen (secondary N) is 1. The predicted molar refractivity (Wildman–Crippen MR) is 94.3 cm³/mol. The maximum atomic E-state index is 12.8. The Kier molecular flexibility index (Phi) is 5.55. The zero-order valence-corrected chi connectivity index (χ0v) is 14.9. The molecule has 0 radical (unpaired) electrons. The van der Waals surface area contributed by atoms with Crippen molar-refractivity contribution in [3.63, 3.8) is 0 Å². The van der Waals surface area contributed by atoms with Crippen LogP contribution in [0.4, 0.5) is 5.69 Å². The van der Waals surface area contributed by atoms with E-state index in [0.717, 1.165) is 6.42 Å². The number of hydrogen-bond donors (Lipinski definition) is 1. The number of aryl methyl sites for hydroxylation is 1. The lowest BCUT2D eigenvalue weighted by Gasteiger charge is -2.13. The molecule has 1 amide bonds. The van der Waals surface area contributed by atoms with Gasteiger partial charge in [-0.2, -0.15) is 0 Å². The second-order valence-corrected chi connectivity index (χ2v) is 5.95. The van der Waals surface area contributed by atoms with Gasteiger partial charge in [0, 0.05) is 24.1 Å². The molecule has 23 heavy (non-hydrogen) atoms. The van der Waals surface area contributed by atoms with Crippen LogP contribution in [0.2, 0.25) is 0 Å². The van der Waals surface area contributed by atoms with Gasteiger partial charge >= 0.3 is 0 Å². The molecule has 2 aromatic rings. The van der Waals surface area contributed by atoms with Crippen LogP contribution in [-0.2, 0) is 11.2 Å². The van der Waals surface area contributed by atoms with Crippen LogP contribution in [0.5, 0.6) is 5.75 Å². The molecule has 0 aromatic heterocycles. The summed E-state index contributed by atoms with van der Waals surface area (Å²) in [4.78, 5) is 24.2. The number of halogens is 1. The van der Waals surface area contributed by atoms with E-state index in [0.29, 0.717) is 27.0 Å². The molecule has 2 aromatic carbocycles. The number of carbonyl (C=O) groups is 2. The second-order valence-electron chi connectivity index (χ2n) is 5.09. The van der Waals surface area contributed by atoms with Crippen LogP contribution < -0.4 is 10.1 Å². The van der Waals surface area contributed by atoms with E-state index in [9.17, 15) is 9.59 Å². The largest absolute Gasteiger partial charge is 0.495 e. The summed E-state index contributed by atoms with van der Waals surface area (Å²) in [6, 6.07) is 10.8. The highest BCUT2D eigenvalue weighted by Gasteiger charge is 2.18. The molecule has 5 heteroatoms. The fraction of sp³-hybridized carbons (Fsp3) is 0.222. The van der Waals surface area contributed by atoms with E-state index in [2.05, 4.69) is 28.2 Å². The average Bonchev–Trinajstić information content (AvgIpc) is 2.55. The summed E-state index contributed by atoms with van der Waals surface area (Å²) < 4.78 is 5.88. The lowest BCUT2D eigenvalue weighted by atomic mass is 9.99. The van der Waals surface area contributed by atoms with Crippen molar-refractivity contribution < 1.29 is 14.3 Å². The summed E-state index contributed by atoms with van der Waals surface area (Å²) in [7, 11) is 1.53. The monoisotopic (exact) mass is 375 g/mol. The number of carbonyl (C=O) groups excluding carboxylic acids is 2. The maximum Gasteiger partial charge on any atom is 0.221 e. The van der Waals surface area contributed by atoms with Crippen LogP contribution in [0.15, 0.2) is 40.9 Å². The van der Waals surface area contributed by atoms with Crippen LogP contribution in [0.1, 0.15) is 35.3 Å². The van der Waals surface area contributed by atoms with E-state index in [4.69, 9.17) is 4.74 Å². The SMILES string of the molecule is CCc1ccc(C(=O)c2cc(Br)c(OC)cc2NC(C)=O)cc1. The summed E-state index contributed by atoms with van der Waals surface area (Å²) in [5.74, 6) is 0.149. The highest BCUT2D eigenvalue weighted by molar-refractivity contribution is 9.10. The lowest BCUT2D eigenvalue weighted by molar-refractivity contribution is -0.114. The predicted octanol–water partition coefficient (Wildman–Crippen LogP) is 4.21. The van der Waals surface area contributed by atoms with Crippen molar-refractivity contribution in [1.29, 1.82) is 0 Å². The number of methoxy groups -OCH3 is 1. The zero-order valence-electron chi connectivity index (χ0n) is 13.3. The van der Waals surface area contributed by atoms with E-state index < -0.39 is 0 Å². The van der Waals surface area contributed by atoms with Gasteiger partial charge in [-0.25, -0.2) is 0 Å². The molecule has 120 valence electrons.